The fourth-order valence-electron chi connectivity index (χ4n) is 2.82. The van der Waals surface area contributed by atoms with Crippen molar-refractivity contribution in [2.24, 2.45) is 0 Å². The second-order valence-electron chi connectivity index (χ2n) is 6.34. The third kappa shape index (κ3) is 19.9. The van der Waals surface area contributed by atoms with Crippen LogP contribution in [0.4, 0.5) is 0 Å². The zero-order valence-corrected chi connectivity index (χ0v) is 14.6. The molecule has 2 nitrogen and oxygen atoms in total. The predicted molar refractivity (Wildman–Crippen MR) is 92.6 cm³/mol. The molecule has 0 heterocycles. The summed E-state index contributed by atoms with van der Waals surface area (Å²) < 4.78 is 4.91. The van der Waals surface area contributed by atoms with Gasteiger partial charge in [-0.15, -0.1) is 0 Å². The molecule has 0 aliphatic rings. The van der Waals surface area contributed by atoms with Gasteiger partial charge < -0.3 is 9.84 Å². The lowest BCUT2D eigenvalue weighted by atomic mass is 10.0. The molecule has 0 fully saturated rings. The molecule has 0 amide bonds. The Labute approximate surface area is 133 Å². The highest BCUT2D eigenvalue weighted by atomic mass is 16.6. The van der Waals surface area contributed by atoms with Crippen LogP contribution in [-0.4, -0.2) is 18.5 Å². The molecule has 0 aromatic heterocycles. The van der Waals surface area contributed by atoms with E-state index >= 15 is 0 Å². The Hall–Kier alpha value is -0.0800. The van der Waals surface area contributed by atoms with Crippen LogP contribution in [0.15, 0.2) is 0 Å². The van der Waals surface area contributed by atoms with Gasteiger partial charge in [0.05, 0.1) is 0 Å². The highest BCUT2D eigenvalue weighted by molar-refractivity contribution is 4.49. The predicted octanol–water partition coefficient (Wildman–Crippen LogP) is 6.21. The summed E-state index contributed by atoms with van der Waals surface area (Å²) in [5, 5.41) is 8.47. The lowest BCUT2D eigenvalue weighted by molar-refractivity contribution is -0.00284. The van der Waals surface area contributed by atoms with Crippen LogP contribution in [0, 0.1) is 0 Å². The van der Waals surface area contributed by atoms with E-state index in [1.807, 2.05) is 0 Å². The molecule has 0 rings (SSSR count). The maximum atomic E-state index is 8.47. The first-order valence-electron chi connectivity index (χ1n) is 9.60. The van der Waals surface area contributed by atoms with Crippen molar-refractivity contribution in [1.29, 1.82) is 0 Å². The van der Waals surface area contributed by atoms with Crippen LogP contribution in [-0.2, 0) is 4.74 Å². The van der Waals surface area contributed by atoms with Gasteiger partial charge in [0.2, 0.25) is 0 Å². The maximum Gasteiger partial charge on any atom is 0.143 e. The Balaban J connectivity index is 2.90. The summed E-state index contributed by atoms with van der Waals surface area (Å²) in [5.41, 5.74) is 0. The Bertz CT molecular complexity index is 153. The molecule has 0 unspecified atom stereocenters. The molecule has 0 radical (unpaired) electrons. The molecule has 128 valence electrons. The third-order valence-electron chi connectivity index (χ3n) is 4.23. The largest absolute Gasteiger partial charge is 0.371 e. The van der Waals surface area contributed by atoms with E-state index < -0.39 is 0 Å². The number of rotatable bonds is 18. The average molecular weight is 301 g/mol. The van der Waals surface area contributed by atoms with Crippen LogP contribution in [0.3, 0.4) is 0 Å². The van der Waals surface area contributed by atoms with E-state index in [0.29, 0.717) is 0 Å². The molecule has 0 saturated carbocycles. The van der Waals surface area contributed by atoms with Crippen molar-refractivity contribution >= 4 is 0 Å². The number of aliphatic hydroxyl groups is 1. The lowest BCUT2D eigenvalue weighted by Gasteiger charge is -2.03. The van der Waals surface area contributed by atoms with Gasteiger partial charge in [-0.2, -0.15) is 0 Å². The van der Waals surface area contributed by atoms with Gasteiger partial charge in [0.1, 0.15) is 6.79 Å². The monoisotopic (exact) mass is 300 g/mol. The summed E-state index contributed by atoms with van der Waals surface area (Å²) >= 11 is 0. The smallest absolute Gasteiger partial charge is 0.143 e. The Morgan fingerprint density at radius 1 is 0.524 bits per heavy atom. The maximum absolute atomic E-state index is 8.47. The fourth-order valence-corrected chi connectivity index (χ4v) is 2.82. The highest BCUT2D eigenvalue weighted by Gasteiger charge is 1.94. The minimum Gasteiger partial charge on any atom is -0.371 e. The highest BCUT2D eigenvalue weighted by Crippen LogP contribution is 2.13. The number of unbranched alkanes of at least 4 members (excludes halogenated alkanes) is 15. The molecular weight excluding hydrogens is 260 g/mol. The Morgan fingerprint density at radius 2 is 0.857 bits per heavy atom. The summed E-state index contributed by atoms with van der Waals surface area (Å²) in [6, 6.07) is 0. The first-order chi connectivity index (χ1) is 10.4. The van der Waals surface area contributed by atoms with E-state index in [2.05, 4.69) is 6.92 Å². The van der Waals surface area contributed by atoms with Gasteiger partial charge >= 0.3 is 0 Å². The van der Waals surface area contributed by atoms with E-state index in [0.717, 1.165) is 13.0 Å². The van der Waals surface area contributed by atoms with Crippen LogP contribution in [0.25, 0.3) is 0 Å². The van der Waals surface area contributed by atoms with E-state index in [1.54, 1.807) is 0 Å². The van der Waals surface area contributed by atoms with E-state index in [4.69, 9.17) is 9.84 Å². The third-order valence-corrected chi connectivity index (χ3v) is 4.23. The molecule has 0 aliphatic carbocycles. The van der Waals surface area contributed by atoms with Crippen molar-refractivity contribution in [2.45, 2.75) is 110 Å². The van der Waals surface area contributed by atoms with Crippen molar-refractivity contribution in [3.8, 4) is 0 Å². The summed E-state index contributed by atoms with van der Waals surface area (Å²) in [7, 11) is 0. The number of hydrogen-bond acceptors (Lipinski definition) is 2. The zero-order valence-electron chi connectivity index (χ0n) is 14.6. The molecule has 0 spiro atoms. The molecule has 0 atom stereocenters. The molecule has 0 aliphatic heterocycles. The van der Waals surface area contributed by atoms with E-state index in [9.17, 15) is 0 Å². The average Bonchev–Trinajstić information content (AvgIpc) is 2.50. The molecule has 0 aromatic carbocycles. The van der Waals surface area contributed by atoms with Crippen LogP contribution in [0.2, 0.25) is 0 Å². The summed E-state index contributed by atoms with van der Waals surface area (Å²) in [4.78, 5) is 0. The minimum absolute atomic E-state index is 0.126. The first kappa shape index (κ1) is 20.9. The molecule has 21 heavy (non-hydrogen) atoms. The van der Waals surface area contributed by atoms with Crippen molar-refractivity contribution < 1.29 is 9.84 Å². The number of ether oxygens (including phenoxy) is 1. The first-order valence-corrected chi connectivity index (χ1v) is 9.60. The molecular formula is C19H40O2. The standard InChI is InChI=1S/C19H40O2/c1-2-3-4-5-6-7-8-9-10-11-12-13-14-15-16-17-18-21-19-20/h20H,2-19H2,1H3. The van der Waals surface area contributed by atoms with Crippen LogP contribution >= 0.6 is 0 Å². The van der Waals surface area contributed by atoms with Gasteiger partial charge in [-0.25, -0.2) is 0 Å². The van der Waals surface area contributed by atoms with Gasteiger partial charge in [-0.05, 0) is 6.42 Å². The normalized spacial score (nSPS) is 11.1. The van der Waals surface area contributed by atoms with Gasteiger partial charge in [-0.1, -0.05) is 103 Å². The van der Waals surface area contributed by atoms with E-state index in [-0.39, 0.29) is 6.79 Å². The van der Waals surface area contributed by atoms with Crippen LogP contribution in [0.1, 0.15) is 110 Å². The van der Waals surface area contributed by atoms with E-state index in [1.165, 1.54) is 96.3 Å². The Morgan fingerprint density at radius 3 is 1.19 bits per heavy atom. The summed E-state index contributed by atoms with van der Waals surface area (Å²) in [6.45, 7) is 2.87. The number of hydrogen-bond donors (Lipinski definition) is 1. The van der Waals surface area contributed by atoms with Gasteiger partial charge in [0.25, 0.3) is 0 Å². The topological polar surface area (TPSA) is 29.5 Å². The quantitative estimate of drug-likeness (QED) is 0.241. The fraction of sp³-hybridized carbons (Fsp3) is 1.00. The summed E-state index contributed by atoms with van der Waals surface area (Å²) in [6.07, 6.45) is 22.2. The van der Waals surface area contributed by atoms with Crippen molar-refractivity contribution in [3.63, 3.8) is 0 Å². The molecule has 2 heteroatoms. The van der Waals surface area contributed by atoms with Crippen molar-refractivity contribution in [1.82, 2.24) is 0 Å². The minimum atomic E-state index is -0.126. The SMILES string of the molecule is CCCCCCCCCCCCCCCCCCOCO. The summed E-state index contributed by atoms with van der Waals surface area (Å²) in [5.74, 6) is 0. The Kier molecular flexibility index (Phi) is 19.8. The molecule has 0 bridgehead atoms. The second-order valence-corrected chi connectivity index (χ2v) is 6.34. The van der Waals surface area contributed by atoms with Crippen LogP contribution < -0.4 is 0 Å². The zero-order chi connectivity index (χ0) is 15.4. The van der Waals surface area contributed by atoms with Crippen molar-refractivity contribution in [2.75, 3.05) is 13.4 Å². The second kappa shape index (κ2) is 19.9. The number of aliphatic hydroxyl groups excluding tert-OH is 1. The lowest BCUT2D eigenvalue weighted by Crippen LogP contribution is -1.95. The molecule has 0 aromatic rings. The van der Waals surface area contributed by atoms with Gasteiger partial charge in [-0.3, -0.25) is 0 Å². The molecule has 1 N–H and O–H groups in total. The van der Waals surface area contributed by atoms with Gasteiger partial charge in [0.15, 0.2) is 0 Å². The van der Waals surface area contributed by atoms with Gasteiger partial charge in [0, 0.05) is 6.61 Å². The van der Waals surface area contributed by atoms with Crippen LogP contribution in [0.5, 0.6) is 0 Å². The molecule has 0 saturated heterocycles. The van der Waals surface area contributed by atoms with Crippen molar-refractivity contribution in [3.05, 3.63) is 0 Å².